The standard InChI is InChI=1S/C21H31N3O3/c1-15-8-5-6-9-17(15)20-18-14-23(11-7-10-19(25)27-4)12-16(18)13-24(20)21(26)22(2)3/h5-6,8-9,16,18,20H,7,10-14H2,1-4H3/t16-,18-,20+/m1/s1. The van der Waals surface area contributed by atoms with Gasteiger partial charge in [0, 0.05) is 46.1 Å². The van der Waals surface area contributed by atoms with Gasteiger partial charge in [-0.2, -0.15) is 0 Å². The number of amides is 2. The molecule has 0 aromatic heterocycles. The Balaban J connectivity index is 1.75. The van der Waals surface area contributed by atoms with Gasteiger partial charge in [0.05, 0.1) is 13.2 Å². The van der Waals surface area contributed by atoms with Gasteiger partial charge in [-0.05, 0) is 36.9 Å². The van der Waals surface area contributed by atoms with Crippen molar-refractivity contribution in [2.24, 2.45) is 11.8 Å². The number of carbonyl (C=O) groups is 2. The van der Waals surface area contributed by atoms with Crippen LogP contribution in [0.2, 0.25) is 0 Å². The molecule has 0 saturated carbocycles. The molecule has 2 fully saturated rings. The van der Waals surface area contributed by atoms with Gasteiger partial charge in [-0.1, -0.05) is 24.3 Å². The minimum atomic E-state index is -0.144. The molecule has 3 rings (SSSR count). The van der Waals surface area contributed by atoms with Crippen LogP contribution in [0.1, 0.15) is 30.0 Å². The Labute approximate surface area is 162 Å². The number of carbonyl (C=O) groups excluding carboxylic acids is 2. The summed E-state index contributed by atoms with van der Waals surface area (Å²) in [6.07, 6.45) is 1.29. The van der Waals surface area contributed by atoms with Gasteiger partial charge in [-0.25, -0.2) is 4.79 Å². The van der Waals surface area contributed by atoms with Crippen LogP contribution in [0, 0.1) is 18.8 Å². The molecule has 0 unspecified atom stereocenters. The summed E-state index contributed by atoms with van der Waals surface area (Å²) in [7, 11) is 5.08. The van der Waals surface area contributed by atoms with Gasteiger partial charge < -0.3 is 19.4 Å². The van der Waals surface area contributed by atoms with Crippen LogP contribution in [0.4, 0.5) is 4.79 Å². The monoisotopic (exact) mass is 373 g/mol. The summed E-state index contributed by atoms with van der Waals surface area (Å²) < 4.78 is 4.73. The molecule has 2 saturated heterocycles. The van der Waals surface area contributed by atoms with Gasteiger partial charge in [0.2, 0.25) is 0 Å². The summed E-state index contributed by atoms with van der Waals surface area (Å²) in [5, 5.41) is 0. The predicted octanol–water partition coefficient (Wildman–Crippen LogP) is 2.53. The number of methoxy groups -OCH3 is 1. The molecule has 6 heteroatoms. The molecule has 2 aliphatic heterocycles. The maximum Gasteiger partial charge on any atom is 0.320 e. The largest absolute Gasteiger partial charge is 0.469 e. The third-order valence-corrected chi connectivity index (χ3v) is 5.96. The fraction of sp³-hybridized carbons (Fsp3) is 0.619. The summed E-state index contributed by atoms with van der Waals surface area (Å²) in [5.41, 5.74) is 2.50. The molecule has 0 radical (unpaired) electrons. The average Bonchev–Trinajstić information content (AvgIpc) is 3.18. The van der Waals surface area contributed by atoms with E-state index in [0.29, 0.717) is 18.3 Å². The number of esters is 1. The lowest BCUT2D eigenvalue weighted by Gasteiger charge is -2.32. The van der Waals surface area contributed by atoms with Crippen molar-refractivity contribution in [3.8, 4) is 0 Å². The highest BCUT2D eigenvalue weighted by Gasteiger charge is 2.49. The van der Waals surface area contributed by atoms with Crippen LogP contribution in [-0.4, -0.2) is 74.1 Å². The molecule has 2 amide bonds. The number of rotatable bonds is 5. The van der Waals surface area contributed by atoms with Crippen LogP contribution >= 0.6 is 0 Å². The molecule has 0 aliphatic carbocycles. The number of likely N-dealkylation sites (tertiary alicyclic amines) is 2. The summed E-state index contributed by atoms with van der Waals surface area (Å²) in [6.45, 7) is 5.80. The zero-order chi connectivity index (χ0) is 19.6. The molecule has 0 spiro atoms. The first-order valence-corrected chi connectivity index (χ1v) is 9.75. The smallest absolute Gasteiger partial charge is 0.320 e. The SMILES string of the molecule is COC(=O)CCCN1C[C@@H]2CN(C(=O)N(C)C)[C@@H](c3ccccc3C)[C@@H]2C1. The fourth-order valence-electron chi connectivity index (χ4n) is 4.64. The summed E-state index contributed by atoms with van der Waals surface area (Å²) >= 11 is 0. The van der Waals surface area contributed by atoms with E-state index in [2.05, 4.69) is 41.0 Å². The Bertz CT molecular complexity index is 691. The van der Waals surface area contributed by atoms with Gasteiger partial charge in [-0.3, -0.25) is 4.79 Å². The van der Waals surface area contributed by atoms with Crippen LogP contribution in [0.3, 0.4) is 0 Å². The lowest BCUT2D eigenvalue weighted by molar-refractivity contribution is -0.140. The number of fused-ring (bicyclic) bond motifs is 1. The lowest BCUT2D eigenvalue weighted by Crippen LogP contribution is -2.41. The molecule has 27 heavy (non-hydrogen) atoms. The first-order chi connectivity index (χ1) is 12.9. The second kappa shape index (κ2) is 8.30. The van der Waals surface area contributed by atoms with Crippen molar-refractivity contribution >= 4 is 12.0 Å². The Morgan fingerprint density at radius 3 is 2.59 bits per heavy atom. The normalized spacial score (nSPS) is 24.7. The van der Waals surface area contributed by atoms with E-state index in [0.717, 1.165) is 32.6 Å². The van der Waals surface area contributed by atoms with E-state index in [4.69, 9.17) is 4.74 Å². The first-order valence-electron chi connectivity index (χ1n) is 9.75. The fourth-order valence-corrected chi connectivity index (χ4v) is 4.64. The van der Waals surface area contributed by atoms with Crippen molar-refractivity contribution in [3.05, 3.63) is 35.4 Å². The van der Waals surface area contributed by atoms with Crippen LogP contribution in [0.5, 0.6) is 0 Å². The van der Waals surface area contributed by atoms with E-state index in [1.165, 1.54) is 18.2 Å². The highest BCUT2D eigenvalue weighted by Crippen LogP contribution is 2.46. The maximum atomic E-state index is 12.8. The molecule has 0 bridgehead atoms. The van der Waals surface area contributed by atoms with Crippen molar-refractivity contribution < 1.29 is 14.3 Å². The highest BCUT2D eigenvalue weighted by molar-refractivity contribution is 5.75. The first kappa shape index (κ1) is 19.7. The molecule has 3 atom stereocenters. The molecule has 1 aromatic carbocycles. The summed E-state index contributed by atoms with van der Waals surface area (Å²) in [6, 6.07) is 8.63. The van der Waals surface area contributed by atoms with Crippen molar-refractivity contribution in [2.45, 2.75) is 25.8 Å². The Kier molecular flexibility index (Phi) is 6.05. The van der Waals surface area contributed by atoms with E-state index >= 15 is 0 Å². The van der Waals surface area contributed by atoms with E-state index in [1.54, 1.807) is 4.90 Å². The van der Waals surface area contributed by atoms with Gasteiger partial charge in [0.1, 0.15) is 0 Å². The van der Waals surface area contributed by atoms with E-state index in [9.17, 15) is 9.59 Å². The van der Waals surface area contributed by atoms with E-state index < -0.39 is 0 Å². The number of hydrogen-bond acceptors (Lipinski definition) is 4. The summed E-state index contributed by atoms with van der Waals surface area (Å²) in [5.74, 6) is 0.777. The van der Waals surface area contributed by atoms with Crippen molar-refractivity contribution in [1.29, 1.82) is 0 Å². The zero-order valence-electron chi connectivity index (χ0n) is 16.9. The van der Waals surface area contributed by atoms with Gasteiger partial charge in [0.15, 0.2) is 0 Å². The molecule has 6 nitrogen and oxygen atoms in total. The Morgan fingerprint density at radius 1 is 1.19 bits per heavy atom. The Hall–Kier alpha value is -2.08. The summed E-state index contributed by atoms with van der Waals surface area (Å²) in [4.78, 5) is 30.4. The highest BCUT2D eigenvalue weighted by atomic mass is 16.5. The van der Waals surface area contributed by atoms with Crippen molar-refractivity contribution in [2.75, 3.05) is 47.4 Å². The third kappa shape index (κ3) is 4.10. The Morgan fingerprint density at radius 2 is 1.93 bits per heavy atom. The molecule has 2 aliphatic rings. The quantitative estimate of drug-likeness (QED) is 0.745. The van der Waals surface area contributed by atoms with Gasteiger partial charge in [-0.15, -0.1) is 0 Å². The zero-order valence-corrected chi connectivity index (χ0v) is 16.9. The third-order valence-electron chi connectivity index (χ3n) is 5.96. The molecular formula is C21H31N3O3. The van der Waals surface area contributed by atoms with Crippen molar-refractivity contribution in [1.82, 2.24) is 14.7 Å². The predicted molar refractivity (Wildman–Crippen MR) is 104 cm³/mol. The molecule has 148 valence electrons. The maximum absolute atomic E-state index is 12.8. The second-order valence-electron chi connectivity index (χ2n) is 7.99. The van der Waals surface area contributed by atoms with Crippen LogP contribution in [0.25, 0.3) is 0 Å². The molecule has 1 aromatic rings. The van der Waals surface area contributed by atoms with Crippen LogP contribution in [0.15, 0.2) is 24.3 Å². The lowest BCUT2D eigenvalue weighted by atomic mass is 9.88. The molecule has 0 N–H and O–H groups in total. The number of ether oxygens (including phenoxy) is 1. The van der Waals surface area contributed by atoms with Gasteiger partial charge >= 0.3 is 12.0 Å². The molecule has 2 heterocycles. The van der Waals surface area contributed by atoms with E-state index in [1.807, 2.05) is 14.1 Å². The molecular weight excluding hydrogens is 342 g/mol. The topological polar surface area (TPSA) is 53.1 Å². The van der Waals surface area contributed by atoms with Crippen LogP contribution < -0.4 is 0 Å². The van der Waals surface area contributed by atoms with Crippen molar-refractivity contribution in [3.63, 3.8) is 0 Å². The second-order valence-corrected chi connectivity index (χ2v) is 7.99. The minimum absolute atomic E-state index is 0.0925. The number of hydrogen-bond donors (Lipinski definition) is 0. The number of benzene rings is 1. The van der Waals surface area contributed by atoms with E-state index in [-0.39, 0.29) is 18.0 Å². The minimum Gasteiger partial charge on any atom is -0.469 e. The number of aryl methyl sites for hydroxylation is 1. The van der Waals surface area contributed by atoms with Gasteiger partial charge in [0.25, 0.3) is 0 Å². The van der Waals surface area contributed by atoms with Crippen LogP contribution in [-0.2, 0) is 9.53 Å². The number of nitrogens with zero attached hydrogens (tertiary/aromatic N) is 3. The average molecular weight is 373 g/mol. The number of urea groups is 1.